The summed E-state index contributed by atoms with van der Waals surface area (Å²) in [6.07, 6.45) is 2.60. The van der Waals surface area contributed by atoms with Crippen LogP contribution >= 0.6 is 15.9 Å². The van der Waals surface area contributed by atoms with E-state index in [1.807, 2.05) is 0 Å². The van der Waals surface area contributed by atoms with E-state index in [2.05, 4.69) is 30.8 Å². The quantitative estimate of drug-likeness (QED) is 0.677. The van der Waals surface area contributed by atoms with E-state index in [-0.39, 0.29) is 5.88 Å². The van der Waals surface area contributed by atoms with Crippen molar-refractivity contribution in [3.8, 4) is 5.88 Å². The highest BCUT2D eigenvalue weighted by atomic mass is 79.9. The fraction of sp³-hybridized carbons (Fsp3) is 0. The van der Waals surface area contributed by atoms with Crippen LogP contribution in [-0.2, 0) is 0 Å². The van der Waals surface area contributed by atoms with Gasteiger partial charge >= 0.3 is 0 Å². The fourth-order valence-electron chi connectivity index (χ4n) is 0.363. The molecule has 1 rings (SSSR count). The van der Waals surface area contributed by atoms with E-state index in [1.54, 1.807) is 0 Å². The number of rotatable bonds is 1. The van der Waals surface area contributed by atoms with Gasteiger partial charge in [0, 0.05) is 4.53 Å². The maximum absolute atomic E-state index is 11.3. The zero-order valence-electron chi connectivity index (χ0n) is 4.21. The van der Waals surface area contributed by atoms with Gasteiger partial charge in [0.05, 0.1) is 12.4 Å². The van der Waals surface area contributed by atoms with Crippen molar-refractivity contribution in [1.82, 2.24) is 9.97 Å². The Labute approximate surface area is 58.9 Å². The summed E-state index contributed by atoms with van der Waals surface area (Å²) in [6, 6.07) is 0. The number of aromatic nitrogens is 2. The minimum Gasteiger partial charge on any atom is -0.272 e. The van der Waals surface area contributed by atoms with Crippen LogP contribution in [-0.4, -0.2) is 9.97 Å². The monoisotopic (exact) mass is 192 g/mol. The predicted molar refractivity (Wildman–Crippen MR) is 31.5 cm³/mol. The maximum Gasteiger partial charge on any atom is 0.282 e. The van der Waals surface area contributed by atoms with E-state index < -0.39 is 0 Å². The summed E-state index contributed by atoms with van der Waals surface area (Å²) in [6.45, 7) is 0. The zero-order chi connectivity index (χ0) is 6.69. The van der Waals surface area contributed by atoms with Crippen molar-refractivity contribution in [1.29, 1.82) is 0 Å². The molecule has 0 aliphatic carbocycles. The molecule has 1 aromatic rings. The largest absolute Gasteiger partial charge is 0.282 e. The third kappa shape index (κ3) is 1.60. The maximum atomic E-state index is 11.3. The van der Waals surface area contributed by atoms with E-state index in [9.17, 15) is 4.53 Å². The van der Waals surface area contributed by atoms with Crippen LogP contribution in [0.3, 0.4) is 0 Å². The Kier molecular flexibility index (Phi) is 1.94. The van der Waals surface area contributed by atoms with Gasteiger partial charge in [0.25, 0.3) is 5.88 Å². The molecule has 0 amide bonds. The van der Waals surface area contributed by atoms with Gasteiger partial charge in [-0.1, -0.05) is 0 Å². The second-order valence-corrected chi connectivity index (χ2v) is 2.07. The Bertz CT molecular complexity index is 208. The highest BCUT2D eigenvalue weighted by Gasteiger charge is 1.94. The second kappa shape index (κ2) is 2.72. The van der Waals surface area contributed by atoms with Crippen LogP contribution < -0.4 is 4.94 Å². The van der Waals surface area contributed by atoms with E-state index in [0.717, 1.165) is 0 Å². The number of nitrogens with zero attached hydrogens (tertiary/aromatic N) is 2. The highest BCUT2D eigenvalue weighted by Crippen LogP contribution is 2.09. The summed E-state index contributed by atoms with van der Waals surface area (Å²) < 4.78 is 11.7. The topological polar surface area (TPSA) is 35.0 Å². The van der Waals surface area contributed by atoms with Crippen molar-refractivity contribution in [3.63, 3.8) is 0 Å². The molecule has 1 heterocycles. The molecule has 0 atom stereocenters. The molecule has 0 spiro atoms. The molecule has 0 saturated carbocycles. The average molecular weight is 193 g/mol. The smallest absolute Gasteiger partial charge is 0.272 e. The lowest BCUT2D eigenvalue weighted by atomic mass is 10.7. The first-order valence-corrected chi connectivity index (χ1v) is 2.88. The van der Waals surface area contributed by atoms with Crippen molar-refractivity contribution in [2.45, 2.75) is 0 Å². The normalized spacial score (nSPS) is 9.11. The van der Waals surface area contributed by atoms with Crippen molar-refractivity contribution in [2.75, 3.05) is 0 Å². The molecule has 0 N–H and O–H groups in total. The molecule has 0 aliphatic heterocycles. The van der Waals surface area contributed by atoms with Gasteiger partial charge < -0.3 is 0 Å². The summed E-state index contributed by atoms with van der Waals surface area (Å²) in [5.41, 5.74) is 0. The Morgan fingerprint density at radius 2 is 2.33 bits per heavy atom. The predicted octanol–water partition coefficient (Wildman–Crippen LogP) is 1.50. The van der Waals surface area contributed by atoms with Gasteiger partial charge in [0.1, 0.15) is 4.60 Å². The summed E-state index contributed by atoms with van der Waals surface area (Å²) in [5, 5.41) is 0. The van der Waals surface area contributed by atoms with Crippen molar-refractivity contribution < 1.29 is 9.47 Å². The third-order valence-corrected chi connectivity index (χ3v) is 1.04. The first-order chi connectivity index (χ1) is 4.33. The molecule has 0 bridgehead atoms. The van der Waals surface area contributed by atoms with Crippen molar-refractivity contribution in [2.24, 2.45) is 0 Å². The fourth-order valence-corrected chi connectivity index (χ4v) is 0.656. The van der Waals surface area contributed by atoms with Crippen LogP contribution in [0.1, 0.15) is 0 Å². The van der Waals surface area contributed by atoms with Crippen molar-refractivity contribution >= 4 is 15.9 Å². The van der Waals surface area contributed by atoms with Gasteiger partial charge in [-0.05, 0) is 15.9 Å². The lowest BCUT2D eigenvalue weighted by Crippen LogP contribution is -1.83. The Morgan fingerprint density at radius 3 is 2.78 bits per heavy atom. The summed E-state index contributed by atoms with van der Waals surface area (Å²) in [7, 11) is 0. The number of hydrogen-bond acceptors (Lipinski definition) is 3. The molecule has 3 nitrogen and oxygen atoms in total. The standard InChI is InChI=1S/C4H2BrFN2O/c5-3-1-7-2-4(8-3)9-6/h1-2H. The van der Waals surface area contributed by atoms with Crippen LogP contribution in [0, 0.1) is 0 Å². The van der Waals surface area contributed by atoms with E-state index >= 15 is 0 Å². The van der Waals surface area contributed by atoms with Gasteiger partial charge in [0.2, 0.25) is 0 Å². The van der Waals surface area contributed by atoms with Crippen LogP contribution in [0.25, 0.3) is 0 Å². The summed E-state index contributed by atoms with van der Waals surface area (Å²) in [5.74, 6) is -0.149. The Balaban J connectivity index is 2.94. The van der Waals surface area contributed by atoms with Gasteiger partial charge in [-0.2, -0.15) is 0 Å². The molecule has 0 aromatic carbocycles. The molecule has 0 fully saturated rings. The van der Waals surface area contributed by atoms with Crippen LogP contribution in [0.5, 0.6) is 5.88 Å². The van der Waals surface area contributed by atoms with Crippen LogP contribution in [0.15, 0.2) is 17.0 Å². The molecule has 0 radical (unpaired) electrons. The molecule has 0 saturated heterocycles. The first kappa shape index (κ1) is 6.41. The lowest BCUT2D eigenvalue weighted by molar-refractivity contribution is -0.0125. The van der Waals surface area contributed by atoms with E-state index in [0.29, 0.717) is 4.60 Å². The van der Waals surface area contributed by atoms with E-state index in [1.165, 1.54) is 12.4 Å². The van der Waals surface area contributed by atoms with Crippen LogP contribution in [0.4, 0.5) is 4.53 Å². The number of hydrogen-bond donors (Lipinski definition) is 0. The molecule has 0 unspecified atom stereocenters. The minimum atomic E-state index is -0.149. The third-order valence-electron chi connectivity index (χ3n) is 0.662. The highest BCUT2D eigenvalue weighted by molar-refractivity contribution is 9.10. The molecule has 5 heteroatoms. The molecule has 1 aromatic heterocycles. The molecular weight excluding hydrogens is 191 g/mol. The molecule has 48 valence electrons. The van der Waals surface area contributed by atoms with Crippen LogP contribution in [0.2, 0.25) is 0 Å². The van der Waals surface area contributed by atoms with Gasteiger partial charge in [0.15, 0.2) is 0 Å². The molecule has 0 aliphatic rings. The molecular formula is C4H2BrFN2O. The molecule has 9 heavy (non-hydrogen) atoms. The zero-order valence-corrected chi connectivity index (χ0v) is 5.80. The lowest BCUT2D eigenvalue weighted by Gasteiger charge is -1.89. The summed E-state index contributed by atoms with van der Waals surface area (Å²) in [4.78, 5) is 10.4. The number of halogens is 2. The van der Waals surface area contributed by atoms with Gasteiger partial charge in [-0.3, -0.25) is 9.93 Å². The first-order valence-electron chi connectivity index (χ1n) is 2.09. The van der Waals surface area contributed by atoms with Gasteiger partial charge in [-0.25, -0.2) is 4.98 Å². The van der Waals surface area contributed by atoms with Crippen molar-refractivity contribution in [3.05, 3.63) is 17.0 Å². The Hall–Kier alpha value is -0.710. The second-order valence-electron chi connectivity index (χ2n) is 1.26. The Morgan fingerprint density at radius 1 is 1.56 bits per heavy atom. The minimum absolute atomic E-state index is 0.149. The summed E-state index contributed by atoms with van der Waals surface area (Å²) >= 11 is 2.98. The SMILES string of the molecule is FOc1cncc(Br)n1. The average Bonchev–Trinajstić information content (AvgIpc) is 1.88. The van der Waals surface area contributed by atoms with E-state index in [4.69, 9.17) is 0 Å². The van der Waals surface area contributed by atoms with Gasteiger partial charge in [-0.15, -0.1) is 0 Å².